The van der Waals surface area contributed by atoms with Gasteiger partial charge in [0.1, 0.15) is 4.99 Å². The van der Waals surface area contributed by atoms with E-state index in [1.54, 1.807) is 6.26 Å². The molecular formula is C20H19O2PS. The Morgan fingerprint density at radius 3 is 1.46 bits per heavy atom. The molecule has 0 spiro atoms. The predicted molar refractivity (Wildman–Crippen MR) is 103 cm³/mol. The van der Waals surface area contributed by atoms with Crippen molar-refractivity contribution in [1.82, 2.24) is 0 Å². The molecule has 0 aliphatic rings. The molecule has 0 aliphatic carbocycles. The average Bonchev–Trinajstić information content (AvgIpc) is 2.64. The van der Waals surface area contributed by atoms with Gasteiger partial charge in [-0.15, -0.1) is 0 Å². The second-order valence-electron chi connectivity index (χ2n) is 5.59. The number of benzene rings is 3. The van der Waals surface area contributed by atoms with Gasteiger partial charge >= 0.3 is 0 Å². The summed E-state index contributed by atoms with van der Waals surface area (Å²) in [6.07, 6.45) is 1.64. The zero-order valence-electron chi connectivity index (χ0n) is 13.4. The van der Waals surface area contributed by atoms with Gasteiger partial charge in [0.15, 0.2) is 7.14 Å². The molecule has 0 saturated heterocycles. The summed E-state index contributed by atoms with van der Waals surface area (Å²) in [5.41, 5.74) is 0.842. The van der Waals surface area contributed by atoms with E-state index in [1.165, 1.54) is 0 Å². The van der Waals surface area contributed by atoms with E-state index in [1.807, 2.05) is 91.0 Å². The van der Waals surface area contributed by atoms with Crippen molar-refractivity contribution >= 4 is 28.6 Å². The van der Waals surface area contributed by atoms with Crippen LogP contribution in [0.2, 0.25) is 0 Å². The fraction of sp³-hybridized carbons (Fsp3) is 0.100. The molecular weight excluding hydrogens is 335 g/mol. The predicted octanol–water partition coefficient (Wildman–Crippen LogP) is 4.08. The Morgan fingerprint density at radius 2 is 1.08 bits per heavy atom. The minimum Gasteiger partial charge on any atom is -0.312 e. The van der Waals surface area contributed by atoms with Gasteiger partial charge in [0.25, 0.3) is 0 Å². The maximum Gasteiger partial charge on any atom is 0.162 e. The molecule has 2 unspecified atom stereocenters. The Hall–Kier alpha value is -1.96. The zero-order valence-corrected chi connectivity index (χ0v) is 15.1. The van der Waals surface area contributed by atoms with Gasteiger partial charge in [0.05, 0.1) is 0 Å². The summed E-state index contributed by atoms with van der Waals surface area (Å²) in [6.45, 7) is 0. The highest BCUT2D eigenvalue weighted by molar-refractivity contribution is 7.98. The summed E-state index contributed by atoms with van der Waals surface area (Å²) in [4.78, 5) is -0.566. The Morgan fingerprint density at radius 1 is 0.708 bits per heavy atom. The lowest BCUT2D eigenvalue weighted by Crippen LogP contribution is -2.23. The molecule has 0 radical (unpaired) electrons. The molecule has 0 aliphatic heterocycles. The smallest absolute Gasteiger partial charge is 0.162 e. The van der Waals surface area contributed by atoms with Crippen LogP contribution in [0.3, 0.4) is 0 Å². The number of rotatable bonds is 5. The van der Waals surface area contributed by atoms with Crippen LogP contribution in [0.25, 0.3) is 0 Å². The third-order valence-corrected chi connectivity index (χ3v) is 9.78. The van der Waals surface area contributed by atoms with Gasteiger partial charge in [-0.25, -0.2) is 0 Å². The monoisotopic (exact) mass is 354 g/mol. The van der Waals surface area contributed by atoms with Crippen LogP contribution >= 0.6 is 7.14 Å². The van der Waals surface area contributed by atoms with Crippen molar-refractivity contribution in [2.45, 2.75) is 4.99 Å². The average molecular weight is 354 g/mol. The molecule has 0 fully saturated rings. The zero-order chi connectivity index (χ0) is 17.0. The van der Waals surface area contributed by atoms with Crippen molar-refractivity contribution in [1.29, 1.82) is 0 Å². The second kappa shape index (κ2) is 7.29. The fourth-order valence-electron chi connectivity index (χ4n) is 2.95. The van der Waals surface area contributed by atoms with E-state index < -0.39 is 22.9 Å². The third kappa shape index (κ3) is 3.15. The van der Waals surface area contributed by atoms with Crippen LogP contribution in [0.1, 0.15) is 10.6 Å². The summed E-state index contributed by atoms with van der Waals surface area (Å²) in [5.74, 6) is 0. The van der Waals surface area contributed by atoms with E-state index in [-0.39, 0.29) is 0 Å². The molecule has 0 bridgehead atoms. The minimum atomic E-state index is -3.11. The molecule has 3 rings (SSSR count). The lowest BCUT2D eigenvalue weighted by Gasteiger charge is -2.27. The fourth-order valence-corrected chi connectivity index (χ4v) is 8.55. The largest absolute Gasteiger partial charge is 0.312 e. The first-order valence-corrected chi connectivity index (χ1v) is 11.1. The van der Waals surface area contributed by atoms with Gasteiger partial charge < -0.3 is 4.57 Å². The first-order chi connectivity index (χ1) is 11.6. The molecule has 122 valence electrons. The van der Waals surface area contributed by atoms with Gasteiger partial charge in [0, 0.05) is 27.7 Å². The Balaban J connectivity index is 2.28. The van der Waals surface area contributed by atoms with Gasteiger partial charge in [-0.05, 0) is 5.56 Å². The Kier molecular flexibility index (Phi) is 5.13. The molecule has 2 atom stereocenters. The second-order valence-corrected chi connectivity index (χ2v) is 10.3. The summed E-state index contributed by atoms with van der Waals surface area (Å²) in [5, 5.41) is 1.47. The van der Waals surface area contributed by atoms with E-state index in [0.29, 0.717) is 0 Å². The molecule has 0 N–H and O–H groups in total. The van der Waals surface area contributed by atoms with Crippen molar-refractivity contribution in [2.24, 2.45) is 0 Å². The summed E-state index contributed by atoms with van der Waals surface area (Å²) >= 11 is 0. The SMILES string of the molecule is CS(=O)C(c1ccccc1)P(=O)(c1ccccc1)c1ccccc1. The third-order valence-electron chi connectivity index (χ3n) is 4.01. The van der Waals surface area contributed by atoms with Crippen LogP contribution in [0.4, 0.5) is 0 Å². The molecule has 0 heterocycles. The Bertz CT molecular complexity index is 820. The lowest BCUT2D eigenvalue weighted by molar-refractivity contribution is 0.585. The Labute approximate surface area is 145 Å². The van der Waals surface area contributed by atoms with Crippen molar-refractivity contribution in [3.8, 4) is 0 Å². The standard InChI is InChI=1S/C20H19O2PS/c1-24(22)20(17-11-5-2-6-12-17)23(21,18-13-7-3-8-14-18)19-15-9-4-10-16-19/h2-16,20H,1H3. The molecule has 0 saturated carbocycles. The van der Waals surface area contributed by atoms with E-state index in [4.69, 9.17) is 0 Å². The first-order valence-electron chi connectivity index (χ1n) is 7.72. The van der Waals surface area contributed by atoms with Gasteiger partial charge in [-0.3, -0.25) is 4.21 Å². The van der Waals surface area contributed by atoms with Gasteiger partial charge in [0.2, 0.25) is 0 Å². The molecule has 3 aromatic carbocycles. The van der Waals surface area contributed by atoms with Crippen LogP contribution in [-0.2, 0) is 15.4 Å². The van der Waals surface area contributed by atoms with E-state index in [2.05, 4.69) is 0 Å². The molecule has 0 aromatic heterocycles. The quantitative estimate of drug-likeness (QED) is 0.647. The van der Waals surface area contributed by atoms with Crippen LogP contribution in [0.5, 0.6) is 0 Å². The van der Waals surface area contributed by atoms with E-state index in [9.17, 15) is 8.77 Å². The van der Waals surface area contributed by atoms with Gasteiger partial charge in [-0.2, -0.15) is 0 Å². The summed E-state index contributed by atoms with van der Waals surface area (Å²) < 4.78 is 27.0. The number of hydrogen-bond donors (Lipinski definition) is 0. The summed E-state index contributed by atoms with van der Waals surface area (Å²) in [6, 6.07) is 28.3. The molecule has 2 nitrogen and oxygen atoms in total. The van der Waals surface area contributed by atoms with E-state index in [0.717, 1.165) is 16.2 Å². The van der Waals surface area contributed by atoms with Crippen LogP contribution in [0.15, 0.2) is 91.0 Å². The van der Waals surface area contributed by atoms with Crippen molar-refractivity contribution in [2.75, 3.05) is 6.26 Å². The molecule has 24 heavy (non-hydrogen) atoms. The van der Waals surface area contributed by atoms with Crippen molar-refractivity contribution in [3.63, 3.8) is 0 Å². The highest BCUT2D eigenvalue weighted by Crippen LogP contribution is 2.58. The van der Waals surface area contributed by atoms with Crippen molar-refractivity contribution < 1.29 is 8.77 Å². The lowest BCUT2D eigenvalue weighted by atomic mass is 10.2. The highest BCUT2D eigenvalue weighted by atomic mass is 32.2. The van der Waals surface area contributed by atoms with Gasteiger partial charge in [-0.1, -0.05) is 91.0 Å². The summed E-state index contributed by atoms with van der Waals surface area (Å²) in [7, 11) is -4.40. The molecule has 4 heteroatoms. The number of hydrogen-bond acceptors (Lipinski definition) is 2. The minimum absolute atomic E-state index is 0.566. The van der Waals surface area contributed by atoms with Crippen LogP contribution in [-0.4, -0.2) is 10.5 Å². The normalized spacial score (nSPS) is 14.0. The molecule has 3 aromatic rings. The van der Waals surface area contributed by atoms with Crippen molar-refractivity contribution in [3.05, 3.63) is 96.6 Å². The highest BCUT2D eigenvalue weighted by Gasteiger charge is 2.40. The molecule has 0 amide bonds. The van der Waals surface area contributed by atoms with Crippen LogP contribution in [0, 0.1) is 0 Å². The van der Waals surface area contributed by atoms with E-state index >= 15 is 0 Å². The maximum absolute atomic E-state index is 14.4. The first kappa shape index (κ1) is 16.9. The maximum atomic E-state index is 14.4. The topological polar surface area (TPSA) is 34.1 Å². The van der Waals surface area contributed by atoms with Crippen LogP contribution < -0.4 is 10.6 Å².